The topological polar surface area (TPSA) is 68.7 Å². The van der Waals surface area contributed by atoms with Crippen LogP contribution in [-0.4, -0.2) is 35.8 Å². The molecule has 0 spiro atoms. The van der Waals surface area contributed by atoms with Crippen LogP contribution in [0.4, 0.5) is 10.1 Å². The lowest BCUT2D eigenvalue weighted by Gasteiger charge is -2.26. The molecule has 1 unspecified atom stereocenters. The number of halogens is 1. The molecule has 2 aromatic carbocycles. The minimum atomic E-state index is -0.466. The molecule has 1 aliphatic rings. The Morgan fingerprint density at radius 3 is 2.72 bits per heavy atom. The first-order valence-corrected chi connectivity index (χ1v) is 11.1. The summed E-state index contributed by atoms with van der Waals surface area (Å²) >= 11 is 1.49. The van der Waals surface area contributed by atoms with Crippen LogP contribution in [0.2, 0.25) is 0 Å². The molecule has 2 heterocycles. The second kappa shape index (κ2) is 9.82. The van der Waals surface area contributed by atoms with Gasteiger partial charge in [0.2, 0.25) is 5.91 Å². The Bertz CT molecular complexity index is 1110. The number of pyridine rings is 1. The number of ether oxygens (including phenoxy) is 2. The van der Waals surface area contributed by atoms with E-state index in [4.69, 9.17) is 9.47 Å². The summed E-state index contributed by atoms with van der Waals surface area (Å²) in [5.74, 6) is 0.122. The fourth-order valence-corrected chi connectivity index (χ4v) is 4.59. The molecule has 4 rings (SSSR count). The normalized spacial score (nSPS) is 15.6. The minimum absolute atomic E-state index is 0.0321. The highest BCUT2D eigenvalue weighted by atomic mass is 32.2. The zero-order valence-electron chi connectivity index (χ0n) is 17.4. The molecule has 0 aliphatic carbocycles. The van der Waals surface area contributed by atoms with Crippen LogP contribution in [0.5, 0.6) is 5.75 Å². The van der Waals surface area contributed by atoms with E-state index in [1.807, 2.05) is 6.92 Å². The first-order valence-electron chi connectivity index (χ1n) is 10.0. The van der Waals surface area contributed by atoms with E-state index in [1.54, 1.807) is 59.8 Å². The Morgan fingerprint density at radius 1 is 1.19 bits per heavy atom. The molecule has 1 amide bonds. The number of thioether (sulfide) groups is 1. The van der Waals surface area contributed by atoms with Gasteiger partial charge in [-0.3, -0.25) is 14.7 Å². The van der Waals surface area contributed by atoms with E-state index in [0.29, 0.717) is 22.8 Å². The zero-order valence-corrected chi connectivity index (χ0v) is 18.2. The smallest absolute Gasteiger partial charge is 0.338 e. The quantitative estimate of drug-likeness (QED) is 0.387. The van der Waals surface area contributed by atoms with Crippen molar-refractivity contribution in [2.75, 3.05) is 23.9 Å². The van der Waals surface area contributed by atoms with Gasteiger partial charge in [0.1, 0.15) is 30.2 Å². The van der Waals surface area contributed by atoms with Gasteiger partial charge < -0.3 is 9.47 Å². The lowest BCUT2D eigenvalue weighted by Crippen LogP contribution is -2.28. The number of aromatic nitrogens is 1. The molecular formula is C24H21FN2O4S. The molecule has 1 atom stereocenters. The number of aryl methyl sites for hydroxylation is 1. The predicted molar refractivity (Wildman–Crippen MR) is 120 cm³/mol. The Balaban J connectivity index is 1.42. The molecule has 1 aromatic heterocycles. The van der Waals surface area contributed by atoms with E-state index in [0.717, 1.165) is 11.1 Å². The van der Waals surface area contributed by atoms with Gasteiger partial charge in [-0.1, -0.05) is 12.1 Å². The number of hydrogen-bond donors (Lipinski definition) is 0. The van der Waals surface area contributed by atoms with Crippen molar-refractivity contribution < 1.29 is 23.5 Å². The number of nitrogens with zero attached hydrogens (tertiary/aromatic N) is 2. The summed E-state index contributed by atoms with van der Waals surface area (Å²) < 4.78 is 24.1. The second-order valence-corrected chi connectivity index (χ2v) is 8.22. The summed E-state index contributed by atoms with van der Waals surface area (Å²) in [5.41, 5.74) is 2.73. The van der Waals surface area contributed by atoms with Gasteiger partial charge in [-0.15, -0.1) is 11.8 Å². The number of carbonyl (C=O) groups excluding carboxylic acids is 2. The van der Waals surface area contributed by atoms with Gasteiger partial charge in [0.15, 0.2) is 0 Å². The fourth-order valence-electron chi connectivity index (χ4n) is 3.42. The van der Waals surface area contributed by atoms with Crippen LogP contribution in [0.15, 0.2) is 67.0 Å². The maximum absolute atomic E-state index is 13.3. The molecule has 0 bridgehead atoms. The van der Waals surface area contributed by atoms with Gasteiger partial charge >= 0.3 is 5.97 Å². The Labute approximate surface area is 189 Å². The molecule has 3 aromatic rings. The predicted octanol–water partition coefficient (Wildman–Crippen LogP) is 4.54. The molecule has 6 nitrogen and oxygen atoms in total. The number of carbonyl (C=O) groups is 2. The summed E-state index contributed by atoms with van der Waals surface area (Å²) in [6.07, 6.45) is 3.23. The van der Waals surface area contributed by atoms with Crippen molar-refractivity contribution in [1.29, 1.82) is 0 Å². The Kier molecular flexibility index (Phi) is 6.70. The van der Waals surface area contributed by atoms with Crippen molar-refractivity contribution in [1.82, 2.24) is 4.98 Å². The number of benzene rings is 2. The van der Waals surface area contributed by atoms with Gasteiger partial charge in [-0.25, -0.2) is 9.18 Å². The second-order valence-electron chi connectivity index (χ2n) is 7.15. The van der Waals surface area contributed by atoms with E-state index in [1.165, 1.54) is 23.9 Å². The minimum Gasteiger partial charge on any atom is -0.488 e. The van der Waals surface area contributed by atoms with Crippen LogP contribution in [0, 0.1) is 12.7 Å². The van der Waals surface area contributed by atoms with Crippen molar-refractivity contribution in [3.8, 4) is 5.75 Å². The standard InChI is InChI=1S/C24H21FN2O4S/c1-16-13-18(24(29)31-12-11-30-20-3-2-10-26-14-20)6-9-21(16)27-22(28)15-32-23(27)17-4-7-19(25)8-5-17/h2-10,13-14,23H,11-12,15H2,1H3. The summed E-state index contributed by atoms with van der Waals surface area (Å²) in [4.78, 5) is 30.7. The molecule has 1 aliphatic heterocycles. The average molecular weight is 453 g/mol. The number of anilines is 1. The van der Waals surface area contributed by atoms with E-state index in [9.17, 15) is 14.0 Å². The van der Waals surface area contributed by atoms with Crippen LogP contribution in [0.3, 0.4) is 0 Å². The first kappa shape index (κ1) is 21.8. The summed E-state index contributed by atoms with van der Waals surface area (Å²) in [7, 11) is 0. The summed E-state index contributed by atoms with van der Waals surface area (Å²) in [5, 5.41) is -0.246. The maximum Gasteiger partial charge on any atom is 0.338 e. The van der Waals surface area contributed by atoms with E-state index in [2.05, 4.69) is 4.98 Å². The van der Waals surface area contributed by atoms with E-state index >= 15 is 0 Å². The van der Waals surface area contributed by atoms with Crippen LogP contribution < -0.4 is 9.64 Å². The molecule has 0 saturated carbocycles. The molecule has 1 saturated heterocycles. The van der Waals surface area contributed by atoms with E-state index < -0.39 is 5.97 Å². The molecule has 0 radical (unpaired) electrons. The largest absolute Gasteiger partial charge is 0.488 e. The SMILES string of the molecule is Cc1cc(C(=O)OCCOc2cccnc2)ccc1N1C(=O)CSC1c1ccc(F)cc1. The molecule has 164 valence electrons. The third-order valence-corrected chi connectivity index (χ3v) is 6.15. The van der Waals surface area contributed by atoms with Crippen molar-refractivity contribution in [3.63, 3.8) is 0 Å². The van der Waals surface area contributed by atoms with E-state index in [-0.39, 0.29) is 30.3 Å². The van der Waals surface area contributed by atoms with Crippen LogP contribution in [0.1, 0.15) is 26.9 Å². The fraction of sp³-hybridized carbons (Fsp3) is 0.208. The van der Waals surface area contributed by atoms with Crippen molar-refractivity contribution >= 4 is 29.3 Å². The monoisotopic (exact) mass is 452 g/mol. The molecule has 32 heavy (non-hydrogen) atoms. The lowest BCUT2D eigenvalue weighted by molar-refractivity contribution is -0.115. The van der Waals surface area contributed by atoms with Crippen LogP contribution in [-0.2, 0) is 9.53 Å². The highest BCUT2D eigenvalue weighted by Crippen LogP contribution is 2.42. The van der Waals surface area contributed by atoms with Gasteiger partial charge in [0.05, 0.1) is 17.5 Å². The van der Waals surface area contributed by atoms with Crippen molar-refractivity contribution in [2.45, 2.75) is 12.3 Å². The summed E-state index contributed by atoms with van der Waals surface area (Å²) in [6, 6.07) is 14.8. The highest BCUT2D eigenvalue weighted by Gasteiger charge is 2.35. The van der Waals surface area contributed by atoms with Crippen molar-refractivity contribution in [3.05, 3.63) is 89.5 Å². The summed E-state index contributed by atoms with van der Waals surface area (Å²) in [6.45, 7) is 2.16. The maximum atomic E-state index is 13.3. The number of hydrogen-bond acceptors (Lipinski definition) is 6. The third-order valence-electron chi connectivity index (χ3n) is 4.93. The van der Waals surface area contributed by atoms with Gasteiger partial charge in [-0.2, -0.15) is 0 Å². The molecule has 1 fully saturated rings. The molecule has 0 N–H and O–H groups in total. The Hall–Kier alpha value is -3.39. The first-order chi connectivity index (χ1) is 15.5. The van der Waals surface area contributed by atoms with Crippen LogP contribution in [0.25, 0.3) is 0 Å². The number of esters is 1. The third kappa shape index (κ3) is 4.91. The van der Waals surface area contributed by atoms with Crippen LogP contribution >= 0.6 is 11.8 Å². The average Bonchev–Trinajstić information content (AvgIpc) is 3.18. The Morgan fingerprint density at radius 2 is 2.00 bits per heavy atom. The lowest BCUT2D eigenvalue weighted by atomic mass is 10.1. The molecular weight excluding hydrogens is 431 g/mol. The number of rotatable bonds is 7. The van der Waals surface area contributed by atoms with Crippen molar-refractivity contribution in [2.24, 2.45) is 0 Å². The zero-order chi connectivity index (χ0) is 22.5. The van der Waals surface area contributed by atoms with Gasteiger partial charge in [0.25, 0.3) is 0 Å². The van der Waals surface area contributed by atoms with Gasteiger partial charge in [0, 0.05) is 11.9 Å². The van der Waals surface area contributed by atoms with Gasteiger partial charge in [-0.05, 0) is 60.5 Å². The highest BCUT2D eigenvalue weighted by molar-refractivity contribution is 8.00. The molecule has 8 heteroatoms. The number of amides is 1.